The Hall–Kier alpha value is -5.92. The average molecular weight is 572 g/mol. The molecular weight excluding hydrogens is 542 g/mol. The van der Waals surface area contributed by atoms with Crippen LogP contribution in [0.4, 0.5) is 0 Å². The Kier molecular flexibility index (Phi) is 5.89. The van der Waals surface area contributed by atoms with Crippen molar-refractivity contribution in [3.63, 3.8) is 0 Å². The monoisotopic (exact) mass is 571 g/mol. The molecule has 0 saturated carbocycles. The maximum Gasteiger partial charge on any atom is 0.0541 e. The van der Waals surface area contributed by atoms with E-state index in [9.17, 15) is 0 Å². The van der Waals surface area contributed by atoms with E-state index in [2.05, 4.69) is 180 Å². The zero-order valence-corrected chi connectivity index (χ0v) is 24.7. The first-order valence-corrected chi connectivity index (χ1v) is 15.5. The topological polar surface area (TPSA) is 4.93 Å². The predicted octanol–water partition coefficient (Wildman–Crippen LogP) is 12.1. The van der Waals surface area contributed by atoms with Crippen LogP contribution in [0.25, 0.3) is 82.4 Å². The first-order valence-electron chi connectivity index (χ1n) is 15.5. The number of hydrogen-bond donors (Lipinski definition) is 0. The highest BCUT2D eigenvalue weighted by Gasteiger charge is 2.16. The average Bonchev–Trinajstić information content (AvgIpc) is 3.45. The van der Waals surface area contributed by atoms with Gasteiger partial charge in [-0.3, -0.25) is 0 Å². The van der Waals surface area contributed by atoms with Crippen LogP contribution < -0.4 is 0 Å². The molecule has 45 heavy (non-hydrogen) atoms. The molecule has 0 bridgehead atoms. The molecule has 210 valence electrons. The number of fused-ring (bicyclic) bond motifs is 6. The molecule has 0 unspecified atom stereocenters. The second-order valence-corrected chi connectivity index (χ2v) is 11.8. The molecule has 9 aromatic rings. The molecule has 0 fully saturated rings. The van der Waals surface area contributed by atoms with Crippen LogP contribution in [0.3, 0.4) is 0 Å². The minimum absolute atomic E-state index is 1.19. The lowest BCUT2D eigenvalue weighted by Gasteiger charge is -2.14. The van der Waals surface area contributed by atoms with Crippen molar-refractivity contribution < 1.29 is 0 Å². The molecule has 0 spiro atoms. The van der Waals surface area contributed by atoms with Gasteiger partial charge >= 0.3 is 0 Å². The van der Waals surface area contributed by atoms with Crippen molar-refractivity contribution in [1.82, 2.24) is 4.57 Å². The van der Waals surface area contributed by atoms with E-state index in [1.54, 1.807) is 0 Å². The number of nitrogens with zero attached hydrogens (tertiary/aromatic N) is 1. The highest BCUT2D eigenvalue weighted by molar-refractivity contribution is 6.11. The third kappa shape index (κ3) is 4.24. The molecule has 0 N–H and O–H groups in total. The Morgan fingerprint density at radius 3 is 1.71 bits per heavy atom. The first kappa shape index (κ1) is 25.6. The van der Waals surface area contributed by atoms with Gasteiger partial charge in [-0.25, -0.2) is 0 Å². The molecule has 0 atom stereocenters. The van der Waals surface area contributed by atoms with Gasteiger partial charge in [-0.1, -0.05) is 146 Å². The number of rotatable bonds is 4. The fraction of sp³-hybridized carbons (Fsp3) is 0. The SMILES string of the molecule is c1ccc(-c2ccccc2-n2c3ccccc3c3cc(-c4ccc(-c5ccc6c(ccc7ccccc76)c5)cc4)ccc32)cc1. The van der Waals surface area contributed by atoms with Gasteiger partial charge in [0, 0.05) is 16.3 Å². The second kappa shape index (κ2) is 10.4. The normalized spacial score (nSPS) is 11.6. The predicted molar refractivity (Wildman–Crippen MR) is 192 cm³/mol. The third-order valence-electron chi connectivity index (χ3n) is 9.20. The standard InChI is InChI=1S/C44H29N/c1-2-10-32(11-3-1)39-14-6-8-16-42(39)45-43-17-9-7-15-40(43)41-29-35(25-27-44(41)45)31-20-18-30(19-21-31)34-24-26-38-36(28-34)23-22-33-12-4-5-13-37(33)38/h1-29H. The number of hydrogen-bond acceptors (Lipinski definition) is 0. The van der Waals surface area contributed by atoms with Gasteiger partial charge < -0.3 is 4.57 Å². The van der Waals surface area contributed by atoms with Crippen molar-refractivity contribution in [2.24, 2.45) is 0 Å². The van der Waals surface area contributed by atoms with Gasteiger partial charge in [-0.05, 0) is 79.7 Å². The maximum absolute atomic E-state index is 2.42. The van der Waals surface area contributed by atoms with E-state index in [0.717, 1.165) is 0 Å². The van der Waals surface area contributed by atoms with E-state index >= 15 is 0 Å². The van der Waals surface area contributed by atoms with Crippen molar-refractivity contribution in [3.05, 3.63) is 176 Å². The molecule has 0 aliphatic heterocycles. The van der Waals surface area contributed by atoms with Gasteiger partial charge in [0.05, 0.1) is 16.7 Å². The van der Waals surface area contributed by atoms with Gasteiger partial charge in [0.1, 0.15) is 0 Å². The lowest BCUT2D eigenvalue weighted by molar-refractivity contribution is 1.18. The smallest absolute Gasteiger partial charge is 0.0541 e. The molecule has 8 aromatic carbocycles. The molecular formula is C44H29N. The highest BCUT2D eigenvalue weighted by atomic mass is 15.0. The summed E-state index contributed by atoms with van der Waals surface area (Å²) in [7, 11) is 0. The molecule has 0 saturated heterocycles. The Bertz CT molecular complexity index is 2520. The summed E-state index contributed by atoms with van der Waals surface area (Å²) in [4.78, 5) is 0. The van der Waals surface area contributed by atoms with Crippen LogP contribution in [0, 0.1) is 0 Å². The highest BCUT2D eigenvalue weighted by Crippen LogP contribution is 2.38. The fourth-order valence-electron chi connectivity index (χ4n) is 6.99. The molecule has 0 aliphatic rings. The summed E-state index contributed by atoms with van der Waals surface area (Å²) in [6, 6.07) is 63.9. The summed E-state index contributed by atoms with van der Waals surface area (Å²) in [6.45, 7) is 0. The van der Waals surface area contributed by atoms with Crippen molar-refractivity contribution in [2.75, 3.05) is 0 Å². The lowest BCUT2D eigenvalue weighted by atomic mass is 9.96. The largest absolute Gasteiger partial charge is 0.309 e. The quantitative estimate of drug-likeness (QED) is 0.185. The van der Waals surface area contributed by atoms with Crippen LogP contribution in [0.15, 0.2) is 176 Å². The van der Waals surface area contributed by atoms with Crippen LogP contribution in [-0.2, 0) is 0 Å². The summed E-state index contributed by atoms with van der Waals surface area (Å²) in [6.07, 6.45) is 0. The van der Waals surface area contributed by atoms with E-state index < -0.39 is 0 Å². The molecule has 1 aromatic heterocycles. The van der Waals surface area contributed by atoms with Crippen LogP contribution in [0.1, 0.15) is 0 Å². The van der Waals surface area contributed by atoms with Gasteiger partial charge in [0.2, 0.25) is 0 Å². The third-order valence-corrected chi connectivity index (χ3v) is 9.20. The zero-order valence-electron chi connectivity index (χ0n) is 24.7. The summed E-state index contributed by atoms with van der Waals surface area (Å²) in [5.74, 6) is 0. The van der Waals surface area contributed by atoms with Gasteiger partial charge in [0.25, 0.3) is 0 Å². The second-order valence-electron chi connectivity index (χ2n) is 11.8. The van der Waals surface area contributed by atoms with Crippen LogP contribution >= 0.6 is 0 Å². The molecule has 1 heterocycles. The van der Waals surface area contributed by atoms with Crippen LogP contribution in [0.2, 0.25) is 0 Å². The molecule has 9 rings (SSSR count). The molecule has 1 heteroatoms. The van der Waals surface area contributed by atoms with Gasteiger partial charge in [0.15, 0.2) is 0 Å². The molecule has 1 nitrogen and oxygen atoms in total. The van der Waals surface area contributed by atoms with Crippen molar-refractivity contribution >= 4 is 43.4 Å². The van der Waals surface area contributed by atoms with E-state index in [0.29, 0.717) is 0 Å². The summed E-state index contributed by atoms with van der Waals surface area (Å²) < 4.78 is 2.42. The Morgan fingerprint density at radius 1 is 0.289 bits per heavy atom. The van der Waals surface area contributed by atoms with Crippen LogP contribution in [-0.4, -0.2) is 4.57 Å². The van der Waals surface area contributed by atoms with Gasteiger partial charge in [-0.15, -0.1) is 0 Å². The molecule has 0 radical (unpaired) electrons. The van der Waals surface area contributed by atoms with E-state index in [1.165, 1.54) is 82.4 Å². The van der Waals surface area contributed by atoms with Crippen molar-refractivity contribution in [2.45, 2.75) is 0 Å². The minimum Gasteiger partial charge on any atom is -0.309 e. The molecule has 0 aliphatic carbocycles. The Labute approximate surface area is 262 Å². The number of aromatic nitrogens is 1. The van der Waals surface area contributed by atoms with Crippen LogP contribution in [0.5, 0.6) is 0 Å². The van der Waals surface area contributed by atoms with Gasteiger partial charge in [-0.2, -0.15) is 0 Å². The van der Waals surface area contributed by atoms with Crippen molar-refractivity contribution in [1.29, 1.82) is 0 Å². The first-order chi connectivity index (χ1) is 22.3. The van der Waals surface area contributed by atoms with E-state index in [4.69, 9.17) is 0 Å². The summed E-state index contributed by atoms with van der Waals surface area (Å²) in [5, 5.41) is 7.67. The van der Waals surface area contributed by atoms with E-state index in [1.807, 2.05) is 0 Å². The molecule has 0 amide bonds. The minimum atomic E-state index is 1.19. The Balaban J connectivity index is 1.13. The Morgan fingerprint density at radius 2 is 0.867 bits per heavy atom. The summed E-state index contributed by atoms with van der Waals surface area (Å²) in [5.41, 5.74) is 11.0. The number of para-hydroxylation sites is 2. The van der Waals surface area contributed by atoms with E-state index in [-0.39, 0.29) is 0 Å². The fourth-order valence-corrected chi connectivity index (χ4v) is 6.99. The zero-order chi connectivity index (χ0) is 29.7. The van der Waals surface area contributed by atoms with Crippen molar-refractivity contribution in [3.8, 4) is 39.1 Å². The lowest BCUT2D eigenvalue weighted by Crippen LogP contribution is -1.96. The summed E-state index contributed by atoms with van der Waals surface area (Å²) >= 11 is 0. The maximum atomic E-state index is 2.42. The number of benzene rings is 8.